The van der Waals surface area contributed by atoms with Crippen molar-refractivity contribution in [3.63, 3.8) is 0 Å². The van der Waals surface area contributed by atoms with Gasteiger partial charge in [0.15, 0.2) is 0 Å². The molecule has 0 saturated carbocycles. The lowest BCUT2D eigenvalue weighted by atomic mass is 10.2. The van der Waals surface area contributed by atoms with E-state index >= 15 is 0 Å². The van der Waals surface area contributed by atoms with Gasteiger partial charge >= 0.3 is 0 Å². The molecule has 3 rings (SSSR count). The van der Waals surface area contributed by atoms with Crippen molar-refractivity contribution in [3.8, 4) is 11.5 Å². The lowest BCUT2D eigenvalue weighted by molar-refractivity contribution is 0.487. The van der Waals surface area contributed by atoms with Crippen LogP contribution in [0.5, 0.6) is 11.5 Å². The standard InChI is InChI=1S/C14H10N3O3S/c15-21(19)10-3-1-9(2-4-10)20-12-6-8-16-13-11(12)5-7-17-14(13)18/h1-8,15H,(H,17,18)/q-1. The lowest BCUT2D eigenvalue weighted by Gasteiger charge is -2.09. The molecule has 2 aromatic heterocycles. The fourth-order valence-corrected chi connectivity index (χ4v) is 2.30. The molecule has 0 spiro atoms. The Hall–Kier alpha value is -2.67. The quantitative estimate of drug-likeness (QED) is 0.727. The predicted molar refractivity (Wildman–Crippen MR) is 77.9 cm³/mol. The number of benzene rings is 1. The van der Waals surface area contributed by atoms with E-state index in [0.29, 0.717) is 27.3 Å². The topological polar surface area (TPSA) is 95.9 Å². The van der Waals surface area contributed by atoms with Gasteiger partial charge in [-0.05, 0) is 24.3 Å². The maximum atomic E-state index is 11.7. The minimum atomic E-state index is -1.77. The van der Waals surface area contributed by atoms with Crippen LogP contribution in [0, 0.1) is 4.78 Å². The first-order chi connectivity index (χ1) is 10.1. The molecule has 0 atom stereocenters. The first-order valence-corrected chi connectivity index (χ1v) is 7.17. The first kappa shape index (κ1) is 13.3. The van der Waals surface area contributed by atoms with Crippen molar-refractivity contribution >= 4 is 21.5 Å². The van der Waals surface area contributed by atoms with E-state index in [1.807, 2.05) is 0 Å². The number of fused-ring (bicyclic) bond motifs is 1. The van der Waals surface area contributed by atoms with Gasteiger partial charge in [0.2, 0.25) is 0 Å². The van der Waals surface area contributed by atoms with Gasteiger partial charge in [0.05, 0.1) is 5.39 Å². The third kappa shape index (κ3) is 2.63. The Balaban J connectivity index is 2.02. The van der Waals surface area contributed by atoms with E-state index in [-0.39, 0.29) is 5.56 Å². The molecule has 0 amide bonds. The molecule has 3 aromatic rings. The fraction of sp³-hybridized carbons (Fsp3) is 0. The van der Waals surface area contributed by atoms with E-state index in [4.69, 9.17) is 9.52 Å². The maximum Gasteiger partial charge on any atom is 0.274 e. The minimum absolute atomic E-state index is 0.280. The number of nitrogens with one attached hydrogen (secondary N) is 2. The maximum absolute atomic E-state index is 11.7. The number of aromatic nitrogens is 2. The monoisotopic (exact) mass is 300 g/mol. The molecule has 0 aliphatic heterocycles. The number of pyridine rings is 2. The van der Waals surface area contributed by atoms with Gasteiger partial charge in [-0.2, -0.15) is 10.6 Å². The molecule has 0 radical (unpaired) electrons. The van der Waals surface area contributed by atoms with E-state index in [1.165, 1.54) is 12.4 Å². The number of nitrogens with zero attached hydrogens (tertiary/aromatic N) is 1. The fourth-order valence-electron chi connectivity index (χ4n) is 1.91. The summed E-state index contributed by atoms with van der Waals surface area (Å²) in [5.41, 5.74) is 0.0248. The van der Waals surface area contributed by atoms with Gasteiger partial charge in [-0.25, -0.2) is 0 Å². The molecule has 0 bridgehead atoms. The first-order valence-electron chi connectivity index (χ1n) is 6.02. The second kappa shape index (κ2) is 5.37. The van der Waals surface area contributed by atoms with Crippen LogP contribution >= 0.6 is 0 Å². The third-order valence-corrected chi connectivity index (χ3v) is 3.60. The van der Waals surface area contributed by atoms with Crippen LogP contribution < -0.4 is 10.3 Å². The lowest BCUT2D eigenvalue weighted by Crippen LogP contribution is -2.06. The van der Waals surface area contributed by atoms with Crippen LogP contribution in [0.4, 0.5) is 0 Å². The molecule has 0 unspecified atom stereocenters. The van der Waals surface area contributed by atoms with Gasteiger partial charge in [-0.15, -0.1) is 0 Å². The zero-order valence-corrected chi connectivity index (χ0v) is 11.5. The second-order valence-electron chi connectivity index (χ2n) is 4.22. The van der Waals surface area contributed by atoms with Crippen molar-refractivity contribution in [2.45, 2.75) is 4.90 Å². The summed E-state index contributed by atoms with van der Waals surface area (Å²) in [6, 6.07) is 9.76. The van der Waals surface area contributed by atoms with E-state index in [0.717, 1.165) is 0 Å². The summed E-state index contributed by atoms with van der Waals surface area (Å²) in [5, 5.41) is 0.606. The van der Waals surface area contributed by atoms with Gasteiger partial charge in [0.1, 0.15) is 17.0 Å². The van der Waals surface area contributed by atoms with Crippen LogP contribution in [0.2, 0.25) is 0 Å². The van der Waals surface area contributed by atoms with Crippen molar-refractivity contribution in [2.75, 3.05) is 0 Å². The number of ether oxygens (including phenoxy) is 1. The van der Waals surface area contributed by atoms with Gasteiger partial charge < -0.3 is 18.7 Å². The highest BCUT2D eigenvalue weighted by Crippen LogP contribution is 2.27. The number of aromatic amines is 1. The Morgan fingerprint density at radius 1 is 1.14 bits per heavy atom. The smallest absolute Gasteiger partial charge is 0.274 e. The molecule has 106 valence electrons. The Bertz CT molecular complexity index is 922. The summed E-state index contributed by atoms with van der Waals surface area (Å²) in [6.07, 6.45) is 3.03. The number of rotatable bonds is 3. The summed E-state index contributed by atoms with van der Waals surface area (Å²) >= 11 is 0. The van der Waals surface area contributed by atoms with E-state index in [9.17, 15) is 9.00 Å². The van der Waals surface area contributed by atoms with Crippen molar-refractivity contribution < 1.29 is 8.95 Å². The van der Waals surface area contributed by atoms with Crippen molar-refractivity contribution in [1.29, 1.82) is 4.78 Å². The molecule has 6 nitrogen and oxygen atoms in total. The molecular weight excluding hydrogens is 290 g/mol. The van der Waals surface area contributed by atoms with Gasteiger partial charge in [-0.1, -0.05) is 17.0 Å². The number of H-pyrrole nitrogens is 1. The Kier molecular flexibility index (Phi) is 3.41. The van der Waals surface area contributed by atoms with Crippen LogP contribution in [-0.2, 0) is 14.8 Å². The summed E-state index contributed by atoms with van der Waals surface area (Å²) < 4.78 is 23.9. The van der Waals surface area contributed by atoms with Crippen LogP contribution in [-0.4, -0.2) is 9.97 Å². The highest BCUT2D eigenvalue weighted by molar-refractivity contribution is 7.73. The Morgan fingerprint density at radius 3 is 2.62 bits per heavy atom. The van der Waals surface area contributed by atoms with Crippen LogP contribution in [0.25, 0.3) is 10.9 Å². The highest BCUT2D eigenvalue weighted by atomic mass is 32.2. The SMILES string of the molecule is N=[S-](=O)c1ccc(Oc2ccnc3c(=O)[nH]ccc23)cc1. The van der Waals surface area contributed by atoms with E-state index in [1.54, 1.807) is 36.4 Å². The van der Waals surface area contributed by atoms with E-state index < -0.39 is 10.6 Å². The molecule has 0 aliphatic rings. The Morgan fingerprint density at radius 2 is 1.90 bits per heavy atom. The van der Waals surface area contributed by atoms with Gasteiger partial charge in [0, 0.05) is 12.4 Å². The largest absolute Gasteiger partial charge is 0.457 e. The molecule has 2 N–H and O–H groups in total. The second-order valence-corrected chi connectivity index (χ2v) is 5.23. The molecule has 0 fully saturated rings. The highest BCUT2D eigenvalue weighted by Gasteiger charge is 2.06. The Labute approximate surface area is 121 Å². The zero-order chi connectivity index (χ0) is 14.8. The predicted octanol–water partition coefficient (Wildman–Crippen LogP) is 2.80. The summed E-state index contributed by atoms with van der Waals surface area (Å²) in [6.45, 7) is 0. The number of hydrogen-bond acceptors (Lipinski definition) is 6. The molecule has 0 saturated heterocycles. The van der Waals surface area contributed by atoms with Gasteiger partial charge in [0.25, 0.3) is 5.56 Å². The summed E-state index contributed by atoms with van der Waals surface area (Å²) in [7, 11) is -1.77. The molecule has 0 aliphatic carbocycles. The van der Waals surface area contributed by atoms with Crippen molar-refractivity contribution in [2.24, 2.45) is 0 Å². The minimum Gasteiger partial charge on any atom is -0.457 e. The zero-order valence-electron chi connectivity index (χ0n) is 10.7. The average Bonchev–Trinajstić information content (AvgIpc) is 2.49. The van der Waals surface area contributed by atoms with Crippen molar-refractivity contribution in [3.05, 3.63) is 59.1 Å². The van der Waals surface area contributed by atoms with Crippen LogP contribution in [0.1, 0.15) is 0 Å². The normalized spacial score (nSPS) is 10.9. The van der Waals surface area contributed by atoms with Crippen LogP contribution in [0.3, 0.4) is 0 Å². The molecule has 1 aromatic carbocycles. The molecular formula is C14H10N3O3S-. The summed E-state index contributed by atoms with van der Waals surface area (Å²) in [4.78, 5) is 18.7. The van der Waals surface area contributed by atoms with Crippen LogP contribution in [0.15, 0.2) is 58.5 Å². The van der Waals surface area contributed by atoms with Gasteiger partial charge in [-0.3, -0.25) is 9.78 Å². The molecule has 2 heterocycles. The van der Waals surface area contributed by atoms with E-state index in [2.05, 4.69) is 9.97 Å². The third-order valence-electron chi connectivity index (χ3n) is 2.90. The number of hydrogen-bond donors (Lipinski definition) is 2. The molecule has 7 heteroatoms. The average molecular weight is 300 g/mol. The van der Waals surface area contributed by atoms with Crippen molar-refractivity contribution in [1.82, 2.24) is 9.97 Å². The molecule has 21 heavy (non-hydrogen) atoms. The summed E-state index contributed by atoms with van der Waals surface area (Å²) in [5.74, 6) is 1.03.